The molecule has 1 aromatic rings. The van der Waals surface area contributed by atoms with Gasteiger partial charge in [-0.3, -0.25) is 4.98 Å². The van der Waals surface area contributed by atoms with Gasteiger partial charge < -0.3 is 4.74 Å². The zero-order valence-electron chi connectivity index (χ0n) is 7.50. The van der Waals surface area contributed by atoms with Crippen molar-refractivity contribution < 1.29 is 13.9 Å². The van der Waals surface area contributed by atoms with Crippen LogP contribution in [0.3, 0.4) is 0 Å². The molecule has 4 heteroatoms. The molecule has 0 saturated heterocycles. The Balaban J connectivity index is 3.15. The van der Waals surface area contributed by atoms with Crippen LogP contribution in [0, 0.1) is 5.82 Å². The number of nitrogens with zero attached hydrogens (tertiary/aromatic N) is 1. The Kier molecular flexibility index (Phi) is 2.95. The van der Waals surface area contributed by atoms with Crippen molar-refractivity contribution in [1.82, 2.24) is 4.98 Å². The van der Waals surface area contributed by atoms with Crippen LogP contribution in [0.4, 0.5) is 4.39 Å². The third-order valence-electron chi connectivity index (χ3n) is 1.68. The molecule has 0 bridgehead atoms. The average molecular weight is 183 g/mol. The fourth-order valence-corrected chi connectivity index (χ4v) is 1.04. The van der Waals surface area contributed by atoms with Crippen molar-refractivity contribution in [1.29, 1.82) is 0 Å². The number of methoxy groups -OCH3 is 1. The number of esters is 1. The van der Waals surface area contributed by atoms with Crippen LogP contribution in [-0.4, -0.2) is 18.1 Å². The molecule has 0 N–H and O–H groups in total. The molecule has 0 aromatic carbocycles. The molecule has 1 rings (SSSR count). The maximum absolute atomic E-state index is 12.7. The summed E-state index contributed by atoms with van der Waals surface area (Å²) in [6.07, 6.45) is 1.66. The van der Waals surface area contributed by atoms with Crippen molar-refractivity contribution in [3.63, 3.8) is 0 Å². The van der Waals surface area contributed by atoms with Gasteiger partial charge in [0.2, 0.25) is 0 Å². The molecule has 70 valence electrons. The van der Waals surface area contributed by atoms with E-state index in [9.17, 15) is 9.18 Å². The van der Waals surface area contributed by atoms with Crippen LogP contribution in [0.5, 0.6) is 0 Å². The van der Waals surface area contributed by atoms with Crippen LogP contribution in [0.2, 0.25) is 0 Å². The molecule has 0 atom stereocenters. The van der Waals surface area contributed by atoms with Gasteiger partial charge in [-0.25, -0.2) is 9.18 Å². The standard InChI is InChI=1S/C9H10FNO2/c1-3-8-7(9(12)13-2)4-6(10)5-11-8/h4-5H,3H2,1-2H3. The smallest absolute Gasteiger partial charge is 0.339 e. The number of hydrogen-bond acceptors (Lipinski definition) is 3. The van der Waals surface area contributed by atoms with Crippen molar-refractivity contribution in [2.75, 3.05) is 7.11 Å². The maximum atomic E-state index is 12.7. The first-order valence-electron chi connectivity index (χ1n) is 3.91. The van der Waals surface area contributed by atoms with Crippen molar-refractivity contribution in [2.24, 2.45) is 0 Å². The normalized spacial score (nSPS) is 9.77. The number of ether oxygens (including phenoxy) is 1. The first-order valence-corrected chi connectivity index (χ1v) is 3.91. The van der Waals surface area contributed by atoms with Gasteiger partial charge in [-0.1, -0.05) is 6.92 Å². The maximum Gasteiger partial charge on any atom is 0.339 e. The molecule has 1 heterocycles. The Labute approximate surface area is 75.6 Å². The van der Waals surface area contributed by atoms with Crippen LogP contribution >= 0.6 is 0 Å². The molecule has 0 amide bonds. The Morgan fingerprint density at radius 1 is 1.69 bits per heavy atom. The van der Waals surface area contributed by atoms with Crippen LogP contribution in [0.1, 0.15) is 23.0 Å². The zero-order valence-corrected chi connectivity index (χ0v) is 7.50. The Bertz CT molecular complexity index is 325. The highest BCUT2D eigenvalue weighted by Crippen LogP contribution is 2.09. The highest BCUT2D eigenvalue weighted by molar-refractivity contribution is 5.90. The number of rotatable bonds is 2. The van der Waals surface area contributed by atoms with Gasteiger partial charge in [-0.05, 0) is 12.5 Å². The summed E-state index contributed by atoms with van der Waals surface area (Å²) in [5, 5.41) is 0. The van der Waals surface area contributed by atoms with E-state index in [1.807, 2.05) is 6.92 Å². The van der Waals surface area contributed by atoms with Gasteiger partial charge in [-0.15, -0.1) is 0 Å². The lowest BCUT2D eigenvalue weighted by molar-refractivity contribution is 0.0598. The molecule has 3 nitrogen and oxygen atoms in total. The van der Waals surface area contributed by atoms with Gasteiger partial charge in [0.15, 0.2) is 0 Å². The van der Waals surface area contributed by atoms with E-state index in [1.165, 1.54) is 7.11 Å². The predicted molar refractivity (Wildman–Crippen MR) is 44.9 cm³/mol. The van der Waals surface area contributed by atoms with E-state index in [0.29, 0.717) is 12.1 Å². The summed E-state index contributed by atoms with van der Waals surface area (Å²) >= 11 is 0. The summed E-state index contributed by atoms with van der Waals surface area (Å²) in [6, 6.07) is 1.14. The lowest BCUT2D eigenvalue weighted by Gasteiger charge is -2.03. The first-order chi connectivity index (χ1) is 6.19. The SMILES string of the molecule is CCc1ncc(F)cc1C(=O)OC. The Morgan fingerprint density at radius 3 is 2.92 bits per heavy atom. The predicted octanol–water partition coefficient (Wildman–Crippen LogP) is 1.57. The van der Waals surface area contributed by atoms with Gasteiger partial charge in [0, 0.05) is 0 Å². The molecule has 0 aliphatic carbocycles. The molecule has 0 unspecified atom stereocenters. The molecule has 0 spiro atoms. The topological polar surface area (TPSA) is 39.2 Å². The van der Waals surface area contributed by atoms with Gasteiger partial charge in [-0.2, -0.15) is 0 Å². The fraction of sp³-hybridized carbons (Fsp3) is 0.333. The summed E-state index contributed by atoms with van der Waals surface area (Å²) in [4.78, 5) is 14.9. The molecule has 0 aliphatic rings. The average Bonchev–Trinajstić information content (AvgIpc) is 2.16. The lowest BCUT2D eigenvalue weighted by Crippen LogP contribution is -2.07. The van der Waals surface area contributed by atoms with E-state index in [1.54, 1.807) is 0 Å². The number of pyridine rings is 1. The highest BCUT2D eigenvalue weighted by Gasteiger charge is 2.12. The van der Waals surface area contributed by atoms with Gasteiger partial charge in [0.05, 0.1) is 24.6 Å². The van der Waals surface area contributed by atoms with Gasteiger partial charge in [0.25, 0.3) is 0 Å². The monoisotopic (exact) mass is 183 g/mol. The van der Waals surface area contributed by atoms with Crippen LogP contribution < -0.4 is 0 Å². The number of carbonyl (C=O) groups is 1. The van der Waals surface area contributed by atoms with Crippen LogP contribution in [-0.2, 0) is 11.2 Å². The largest absolute Gasteiger partial charge is 0.465 e. The number of hydrogen-bond donors (Lipinski definition) is 0. The molecular formula is C9H10FNO2. The van der Waals surface area contributed by atoms with Crippen molar-refractivity contribution in [2.45, 2.75) is 13.3 Å². The molecule has 0 radical (unpaired) electrons. The summed E-state index contributed by atoms with van der Waals surface area (Å²) in [6.45, 7) is 1.84. The quantitative estimate of drug-likeness (QED) is 0.653. The molecule has 0 saturated carbocycles. The molecular weight excluding hydrogens is 173 g/mol. The minimum atomic E-state index is -0.552. The molecule has 0 fully saturated rings. The van der Waals surface area contributed by atoms with E-state index < -0.39 is 11.8 Å². The second kappa shape index (κ2) is 3.98. The van der Waals surface area contributed by atoms with Gasteiger partial charge in [0.1, 0.15) is 5.82 Å². The van der Waals surface area contributed by atoms with E-state index in [2.05, 4.69) is 9.72 Å². The minimum Gasteiger partial charge on any atom is -0.465 e. The number of aryl methyl sites for hydroxylation is 1. The van der Waals surface area contributed by atoms with E-state index in [0.717, 1.165) is 12.3 Å². The van der Waals surface area contributed by atoms with Crippen LogP contribution in [0.25, 0.3) is 0 Å². The fourth-order valence-electron chi connectivity index (χ4n) is 1.04. The lowest BCUT2D eigenvalue weighted by atomic mass is 10.1. The zero-order chi connectivity index (χ0) is 9.84. The summed E-state index contributed by atoms with van der Waals surface area (Å²) < 4.78 is 17.2. The van der Waals surface area contributed by atoms with E-state index in [-0.39, 0.29) is 5.56 Å². The Hall–Kier alpha value is -1.45. The Morgan fingerprint density at radius 2 is 2.38 bits per heavy atom. The molecule has 13 heavy (non-hydrogen) atoms. The summed E-state index contributed by atoms with van der Waals surface area (Å²) in [7, 11) is 1.26. The number of halogens is 1. The molecule has 1 aromatic heterocycles. The second-order valence-electron chi connectivity index (χ2n) is 2.49. The highest BCUT2D eigenvalue weighted by atomic mass is 19.1. The van der Waals surface area contributed by atoms with Crippen molar-refractivity contribution in [3.8, 4) is 0 Å². The third-order valence-corrected chi connectivity index (χ3v) is 1.68. The third kappa shape index (κ3) is 2.02. The second-order valence-corrected chi connectivity index (χ2v) is 2.49. The van der Waals surface area contributed by atoms with Crippen molar-refractivity contribution in [3.05, 3.63) is 29.3 Å². The summed E-state index contributed by atoms with van der Waals surface area (Å²) in [5.41, 5.74) is 0.748. The van der Waals surface area contributed by atoms with Crippen LogP contribution in [0.15, 0.2) is 12.3 Å². The van der Waals surface area contributed by atoms with Crippen molar-refractivity contribution >= 4 is 5.97 Å². The first kappa shape index (κ1) is 9.64. The summed E-state index contributed by atoms with van der Waals surface area (Å²) in [5.74, 6) is -1.08. The van der Waals surface area contributed by atoms with E-state index in [4.69, 9.17) is 0 Å². The number of aromatic nitrogens is 1. The van der Waals surface area contributed by atoms with Gasteiger partial charge >= 0.3 is 5.97 Å². The van der Waals surface area contributed by atoms with E-state index >= 15 is 0 Å². The number of carbonyl (C=O) groups excluding carboxylic acids is 1. The molecule has 0 aliphatic heterocycles. The minimum absolute atomic E-state index is 0.199.